The highest BCUT2D eigenvalue weighted by atomic mass is 79.9. The third-order valence-electron chi connectivity index (χ3n) is 1.95. The molecule has 2 unspecified atom stereocenters. The van der Waals surface area contributed by atoms with Gasteiger partial charge in [-0.3, -0.25) is 4.79 Å². The van der Waals surface area contributed by atoms with Gasteiger partial charge in [0.05, 0.1) is 8.66 Å². The second-order valence-electron chi connectivity index (χ2n) is 3.08. The summed E-state index contributed by atoms with van der Waals surface area (Å²) in [4.78, 5) is 12.2. The highest BCUT2D eigenvalue weighted by Gasteiger charge is 2.35. The van der Waals surface area contributed by atoms with Crippen LogP contribution in [0.15, 0.2) is 15.9 Å². The summed E-state index contributed by atoms with van der Waals surface area (Å²) in [5, 5.41) is 2.86. The molecule has 2 atom stereocenters. The molecule has 1 amide bonds. The first-order valence-corrected chi connectivity index (χ1v) is 5.59. The van der Waals surface area contributed by atoms with E-state index in [0.29, 0.717) is 0 Å². The lowest BCUT2D eigenvalue weighted by Crippen LogP contribution is -2.28. The molecule has 1 aliphatic rings. The molecule has 0 aromatic carbocycles. The van der Waals surface area contributed by atoms with Crippen LogP contribution in [0.1, 0.15) is 16.1 Å². The Labute approximate surface area is 88.4 Å². The second kappa shape index (κ2) is 3.40. The first kappa shape index (κ1) is 9.18. The van der Waals surface area contributed by atoms with Crippen LogP contribution in [0.25, 0.3) is 0 Å². The third kappa shape index (κ3) is 2.10. The maximum atomic E-state index is 11.5. The van der Waals surface area contributed by atoms with Crippen molar-refractivity contribution in [1.82, 2.24) is 5.32 Å². The number of nitrogens with one attached hydrogen (secondary N) is 1. The van der Waals surface area contributed by atoms with Gasteiger partial charge < -0.3 is 11.1 Å². The fourth-order valence-corrected chi connectivity index (χ4v) is 2.35. The number of halogens is 1. The molecule has 5 heteroatoms. The summed E-state index contributed by atoms with van der Waals surface area (Å²) >= 11 is 4.74. The van der Waals surface area contributed by atoms with Gasteiger partial charge in [-0.15, -0.1) is 11.3 Å². The van der Waals surface area contributed by atoms with Gasteiger partial charge in [0.1, 0.15) is 0 Å². The number of amides is 1. The molecule has 1 saturated carbocycles. The molecule has 1 aliphatic carbocycles. The van der Waals surface area contributed by atoms with Gasteiger partial charge in [-0.05, 0) is 34.5 Å². The largest absolute Gasteiger partial charge is 0.347 e. The summed E-state index contributed by atoms with van der Waals surface area (Å²) in [5.74, 6) is -0.0198. The Morgan fingerprint density at radius 1 is 1.69 bits per heavy atom. The third-order valence-corrected chi connectivity index (χ3v) is 3.58. The van der Waals surface area contributed by atoms with E-state index in [1.54, 1.807) is 6.07 Å². The van der Waals surface area contributed by atoms with Crippen LogP contribution in [-0.2, 0) is 0 Å². The Bertz CT molecular complexity index is 339. The van der Waals surface area contributed by atoms with Crippen molar-refractivity contribution in [3.63, 3.8) is 0 Å². The Morgan fingerprint density at radius 3 is 2.85 bits per heavy atom. The van der Waals surface area contributed by atoms with Crippen LogP contribution in [0, 0.1) is 0 Å². The fraction of sp³-hybridized carbons (Fsp3) is 0.375. The number of hydrogen-bond donors (Lipinski definition) is 2. The monoisotopic (exact) mass is 260 g/mol. The number of carbonyl (C=O) groups is 1. The minimum atomic E-state index is -0.0198. The van der Waals surface area contributed by atoms with Crippen molar-refractivity contribution in [2.45, 2.75) is 18.5 Å². The normalized spacial score (nSPS) is 25.7. The van der Waals surface area contributed by atoms with Gasteiger partial charge >= 0.3 is 0 Å². The zero-order valence-corrected chi connectivity index (χ0v) is 9.19. The van der Waals surface area contributed by atoms with E-state index in [2.05, 4.69) is 21.2 Å². The van der Waals surface area contributed by atoms with Crippen LogP contribution >= 0.6 is 27.3 Å². The molecule has 0 radical (unpaired) electrons. The minimum absolute atomic E-state index is 0.0198. The van der Waals surface area contributed by atoms with E-state index in [4.69, 9.17) is 5.73 Å². The lowest BCUT2D eigenvalue weighted by Gasteiger charge is -1.99. The topological polar surface area (TPSA) is 55.1 Å². The molecule has 13 heavy (non-hydrogen) atoms. The highest BCUT2D eigenvalue weighted by molar-refractivity contribution is 9.11. The van der Waals surface area contributed by atoms with Crippen molar-refractivity contribution in [1.29, 1.82) is 0 Å². The standard InChI is InChI=1S/C8H9BrN2OS/c9-7-2-1-6(13-7)8(12)11-5-3-4(5)10/h1-2,4-5H,3,10H2,(H,11,12). The molecule has 1 aromatic rings. The van der Waals surface area contributed by atoms with E-state index in [1.165, 1.54) is 11.3 Å². The Kier molecular flexibility index (Phi) is 2.40. The van der Waals surface area contributed by atoms with E-state index in [1.807, 2.05) is 6.07 Å². The smallest absolute Gasteiger partial charge is 0.261 e. The maximum absolute atomic E-state index is 11.5. The summed E-state index contributed by atoms with van der Waals surface area (Å²) < 4.78 is 0.970. The van der Waals surface area contributed by atoms with Gasteiger partial charge in [-0.25, -0.2) is 0 Å². The van der Waals surface area contributed by atoms with Crippen molar-refractivity contribution in [2.24, 2.45) is 5.73 Å². The molecular formula is C8H9BrN2OS. The molecule has 70 valence electrons. The van der Waals surface area contributed by atoms with E-state index >= 15 is 0 Å². The molecular weight excluding hydrogens is 252 g/mol. The summed E-state index contributed by atoms with van der Waals surface area (Å²) in [6.45, 7) is 0. The molecule has 1 fully saturated rings. The highest BCUT2D eigenvalue weighted by Crippen LogP contribution is 2.24. The lowest BCUT2D eigenvalue weighted by molar-refractivity contribution is 0.0954. The van der Waals surface area contributed by atoms with Gasteiger partial charge in [0.25, 0.3) is 5.91 Å². The Hall–Kier alpha value is -0.390. The lowest BCUT2D eigenvalue weighted by atomic mass is 10.4. The Balaban J connectivity index is 1.97. The predicted octanol–water partition coefficient (Wildman–Crippen LogP) is 1.34. The van der Waals surface area contributed by atoms with E-state index in [9.17, 15) is 4.79 Å². The zero-order valence-electron chi connectivity index (χ0n) is 6.79. The van der Waals surface area contributed by atoms with Crippen LogP contribution < -0.4 is 11.1 Å². The molecule has 3 nitrogen and oxygen atoms in total. The van der Waals surface area contributed by atoms with Crippen molar-refractivity contribution in [3.05, 3.63) is 20.8 Å². The van der Waals surface area contributed by atoms with Crippen LogP contribution in [0.5, 0.6) is 0 Å². The summed E-state index contributed by atoms with van der Waals surface area (Å²) in [6.07, 6.45) is 0.901. The number of thiophene rings is 1. The molecule has 3 N–H and O–H groups in total. The zero-order chi connectivity index (χ0) is 9.42. The van der Waals surface area contributed by atoms with Crippen molar-refractivity contribution in [2.75, 3.05) is 0 Å². The number of carbonyl (C=O) groups excluding carboxylic acids is 1. The molecule has 0 spiro atoms. The predicted molar refractivity (Wildman–Crippen MR) is 55.9 cm³/mol. The molecule has 0 saturated heterocycles. The average molecular weight is 261 g/mol. The van der Waals surface area contributed by atoms with Crippen LogP contribution in [0.2, 0.25) is 0 Å². The van der Waals surface area contributed by atoms with Gasteiger partial charge in [0.2, 0.25) is 0 Å². The van der Waals surface area contributed by atoms with Gasteiger partial charge in [0, 0.05) is 12.1 Å². The Morgan fingerprint density at radius 2 is 2.38 bits per heavy atom. The molecule has 0 aliphatic heterocycles. The van der Waals surface area contributed by atoms with Crippen molar-refractivity contribution < 1.29 is 4.79 Å². The first-order chi connectivity index (χ1) is 6.16. The van der Waals surface area contributed by atoms with Crippen molar-refractivity contribution >= 4 is 33.2 Å². The summed E-state index contributed by atoms with van der Waals surface area (Å²) in [7, 11) is 0. The molecule has 0 bridgehead atoms. The van der Waals surface area contributed by atoms with Crippen LogP contribution in [0.4, 0.5) is 0 Å². The minimum Gasteiger partial charge on any atom is -0.347 e. The second-order valence-corrected chi connectivity index (χ2v) is 5.55. The van der Waals surface area contributed by atoms with Gasteiger partial charge in [0.15, 0.2) is 0 Å². The van der Waals surface area contributed by atoms with Crippen LogP contribution in [0.3, 0.4) is 0 Å². The number of nitrogens with two attached hydrogens (primary N) is 1. The molecule has 1 heterocycles. The van der Waals surface area contributed by atoms with E-state index in [0.717, 1.165) is 15.1 Å². The van der Waals surface area contributed by atoms with Crippen molar-refractivity contribution in [3.8, 4) is 0 Å². The molecule has 2 rings (SSSR count). The SMILES string of the molecule is NC1CC1NC(=O)c1ccc(Br)s1. The maximum Gasteiger partial charge on any atom is 0.261 e. The summed E-state index contributed by atoms with van der Waals surface area (Å²) in [6, 6.07) is 4.02. The van der Waals surface area contributed by atoms with Gasteiger partial charge in [-0.2, -0.15) is 0 Å². The van der Waals surface area contributed by atoms with Gasteiger partial charge in [-0.1, -0.05) is 0 Å². The quantitative estimate of drug-likeness (QED) is 0.844. The van der Waals surface area contributed by atoms with E-state index < -0.39 is 0 Å². The van der Waals surface area contributed by atoms with E-state index in [-0.39, 0.29) is 18.0 Å². The summed E-state index contributed by atoms with van der Waals surface area (Å²) in [5.41, 5.74) is 5.58. The average Bonchev–Trinajstić information content (AvgIpc) is 2.62. The first-order valence-electron chi connectivity index (χ1n) is 3.98. The van der Waals surface area contributed by atoms with Crippen LogP contribution in [-0.4, -0.2) is 18.0 Å². The number of hydrogen-bond acceptors (Lipinski definition) is 3. The fourth-order valence-electron chi connectivity index (χ4n) is 1.06. The number of rotatable bonds is 2. The molecule has 1 aromatic heterocycles.